The van der Waals surface area contributed by atoms with Crippen molar-refractivity contribution < 1.29 is 5.11 Å². The number of rotatable bonds is 4. The van der Waals surface area contributed by atoms with E-state index in [0.717, 1.165) is 12.8 Å². The Morgan fingerprint density at radius 2 is 2.08 bits per heavy atom. The SMILES string of the molecule is C=CC(=NC1(C)CC1)C(C)(O)C=C. The lowest BCUT2D eigenvalue weighted by molar-refractivity contribution is 0.185. The molecule has 0 aromatic rings. The highest BCUT2D eigenvalue weighted by Crippen LogP contribution is 2.39. The van der Waals surface area contributed by atoms with E-state index in [1.807, 2.05) is 0 Å². The van der Waals surface area contributed by atoms with Crippen LogP contribution in [0.15, 0.2) is 30.3 Å². The van der Waals surface area contributed by atoms with Gasteiger partial charge in [0.15, 0.2) is 0 Å². The van der Waals surface area contributed by atoms with Gasteiger partial charge < -0.3 is 5.11 Å². The van der Waals surface area contributed by atoms with Gasteiger partial charge in [-0.25, -0.2) is 0 Å². The summed E-state index contributed by atoms with van der Waals surface area (Å²) < 4.78 is 0. The normalized spacial score (nSPS) is 24.7. The molecule has 1 atom stereocenters. The van der Waals surface area contributed by atoms with Gasteiger partial charge in [-0.05, 0) is 32.8 Å². The highest BCUT2D eigenvalue weighted by atomic mass is 16.3. The Morgan fingerprint density at radius 3 is 2.38 bits per heavy atom. The molecule has 0 amide bonds. The largest absolute Gasteiger partial charge is 0.380 e. The van der Waals surface area contributed by atoms with E-state index in [1.165, 1.54) is 6.08 Å². The summed E-state index contributed by atoms with van der Waals surface area (Å²) in [4.78, 5) is 4.46. The molecule has 1 rings (SSSR count). The Balaban J connectivity index is 2.90. The van der Waals surface area contributed by atoms with Crippen LogP contribution in [0.3, 0.4) is 0 Å². The van der Waals surface area contributed by atoms with Crippen LogP contribution in [0.4, 0.5) is 0 Å². The van der Waals surface area contributed by atoms with Crippen LogP contribution in [0.5, 0.6) is 0 Å². The molecule has 1 saturated carbocycles. The molecule has 0 aromatic heterocycles. The van der Waals surface area contributed by atoms with Crippen molar-refractivity contribution in [2.45, 2.75) is 37.8 Å². The Bertz CT molecular complexity index is 259. The molecule has 0 aromatic carbocycles. The zero-order chi connectivity index (χ0) is 10.1. The molecular weight excluding hydrogens is 162 g/mol. The van der Waals surface area contributed by atoms with Gasteiger partial charge in [-0.2, -0.15) is 0 Å². The van der Waals surface area contributed by atoms with Crippen LogP contribution in [-0.2, 0) is 0 Å². The molecule has 0 aliphatic heterocycles. The van der Waals surface area contributed by atoms with E-state index < -0.39 is 5.60 Å². The first kappa shape index (κ1) is 10.2. The summed E-state index contributed by atoms with van der Waals surface area (Å²) in [6, 6.07) is 0. The van der Waals surface area contributed by atoms with E-state index in [0.29, 0.717) is 5.71 Å². The standard InChI is InChI=1S/C11H17NO/c1-5-9(11(4,13)6-2)12-10(3)7-8-10/h5-6,13H,1-2,7-8H2,3-4H3. The maximum absolute atomic E-state index is 9.85. The lowest BCUT2D eigenvalue weighted by Gasteiger charge is -2.20. The summed E-state index contributed by atoms with van der Waals surface area (Å²) in [5.74, 6) is 0. The fourth-order valence-corrected chi connectivity index (χ4v) is 1.05. The summed E-state index contributed by atoms with van der Waals surface area (Å²) >= 11 is 0. The van der Waals surface area contributed by atoms with Crippen molar-refractivity contribution in [3.05, 3.63) is 25.3 Å². The van der Waals surface area contributed by atoms with Gasteiger partial charge in [0, 0.05) is 0 Å². The molecule has 1 fully saturated rings. The monoisotopic (exact) mass is 179 g/mol. The van der Waals surface area contributed by atoms with Crippen LogP contribution in [0.25, 0.3) is 0 Å². The van der Waals surface area contributed by atoms with Gasteiger partial charge in [0.25, 0.3) is 0 Å². The molecule has 2 nitrogen and oxygen atoms in total. The Hall–Kier alpha value is -0.890. The van der Waals surface area contributed by atoms with E-state index in [1.54, 1.807) is 13.0 Å². The maximum Gasteiger partial charge on any atom is 0.121 e. The zero-order valence-corrected chi connectivity index (χ0v) is 8.38. The van der Waals surface area contributed by atoms with Crippen molar-refractivity contribution in [2.24, 2.45) is 4.99 Å². The van der Waals surface area contributed by atoms with Crippen LogP contribution in [0, 0.1) is 0 Å². The van der Waals surface area contributed by atoms with Gasteiger partial charge in [0.2, 0.25) is 0 Å². The average molecular weight is 179 g/mol. The van der Waals surface area contributed by atoms with Crippen molar-refractivity contribution in [1.82, 2.24) is 0 Å². The lowest BCUT2D eigenvalue weighted by Crippen LogP contribution is -2.32. The molecule has 72 valence electrons. The van der Waals surface area contributed by atoms with Crippen LogP contribution in [0.2, 0.25) is 0 Å². The molecule has 1 unspecified atom stereocenters. The van der Waals surface area contributed by atoms with Crippen LogP contribution in [0.1, 0.15) is 26.7 Å². The summed E-state index contributed by atoms with van der Waals surface area (Å²) in [5, 5.41) is 9.85. The second kappa shape index (κ2) is 3.11. The smallest absolute Gasteiger partial charge is 0.121 e. The molecule has 0 saturated heterocycles. The topological polar surface area (TPSA) is 32.6 Å². The minimum Gasteiger partial charge on any atom is -0.380 e. The Kier molecular flexibility index (Phi) is 2.44. The van der Waals surface area contributed by atoms with Crippen molar-refractivity contribution in [1.29, 1.82) is 0 Å². The molecule has 0 bridgehead atoms. The Morgan fingerprint density at radius 1 is 1.54 bits per heavy atom. The van der Waals surface area contributed by atoms with Gasteiger partial charge in [-0.1, -0.05) is 19.2 Å². The van der Waals surface area contributed by atoms with E-state index in [4.69, 9.17) is 0 Å². The fourth-order valence-electron chi connectivity index (χ4n) is 1.05. The molecule has 0 spiro atoms. The van der Waals surface area contributed by atoms with Crippen LogP contribution < -0.4 is 0 Å². The van der Waals surface area contributed by atoms with Gasteiger partial charge in [0.05, 0.1) is 11.3 Å². The molecule has 1 aliphatic carbocycles. The summed E-state index contributed by atoms with van der Waals surface area (Å²) in [5.41, 5.74) is -0.397. The Labute approximate surface area is 79.7 Å². The molecule has 1 aliphatic rings. The minimum absolute atomic E-state index is 0.0382. The average Bonchev–Trinajstić information content (AvgIpc) is 2.80. The summed E-state index contributed by atoms with van der Waals surface area (Å²) in [7, 11) is 0. The number of hydrogen-bond acceptors (Lipinski definition) is 2. The maximum atomic E-state index is 9.85. The number of aliphatic hydroxyl groups is 1. The molecular formula is C11H17NO. The van der Waals surface area contributed by atoms with Crippen molar-refractivity contribution >= 4 is 5.71 Å². The molecule has 13 heavy (non-hydrogen) atoms. The van der Waals surface area contributed by atoms with Gasteiger partial charge in [-0.15, -0.1) is 0 Å². The summed E-state index contributed by atoms with van der Waals surface area (Å²) in [6.45, 7) is 11.0. The molecule has 2 heteroatoms. The second-order valence-corrected chi connectivity index (χ2v) is 4.05. The predicted molar refractivity (Wildman–Crippen MR) is 56.1 cm³/mol. The third kappa shape index (κ3) is 2.28. The number of hydrogen-bond donors (Lipinski definition) is 1. The third-order valence-electron chi connectivity index (χ3n) is 2.47. The van der Waals surface area contributed by atoms with Gasteiger partial charge in [0.1, 0.15) is 5.60 Å². The molecule has 0 heterocycles. The van der Waals surface area contributed by atoms with Crippen LogP contribution >= 0.6 is 0 Å². The van der Waals surface area contributed by atoms with E-state index in [9.17, 15) is 5.11 Å². The van der Waals surface area contributed by atoms with Gasteiger partial charge >= 0.3 is 0 Å². The lowest BCUT2D eigenvalue weighted by atomic mass is 10.00. The first-order valence-corrected chi connectivity index (χ1v) is 4.52. The summed E-state index contributed by atoms with van der Waals surface area (Å²) in [6.07, 6.45) is 5.28. The fraction of sp³-hybridized carbons (Fsp3) is 0.545. The molecule has 0 radical (unpaired) electrons. The van der Waals surface area contributed by atoms with Crippen LogP contribution in [-0.4, -0.2) is 22.0 Å². The quantitative estimate of drug-likeness (QED) is 0.520. The van der Waals surface area contributed by atoms with Crippen molar-refractivity contribution in [3.8, 4) is 0 Å². The van der Waals surface area contributed by atoms with Crippen molar-refractivity contribution in [3.63, 3.8) is 0 Å². The first-order chi connectivity index (χ1) is 5.93. The molecule has 1 N–H and O–H groups in total. The highest BCUT2D eigenvalue weighted by molar-refractivity contribution is 6.02. The highest BCUT2D eigenvalue weighted by Gasteiger charge is 2.38. The first-order valence-electron chi connectivity index (χ1n) is 4.52. The van der Waals surface area contributed by atoms with Gasteiger partial charge in [-0.3, -0.25) is 4.99 Å². The van der Waals surface area contributed by atoms with E-state index >= 15 is 0 Å². The minimum atomic E-state index is -1.05. The zero-order valence-electron chi connectivity index (χ0n) is 8.38. The van der Waals surface area contributed by atoms with E-state index in [-0.39, 0.29) is 5.54 Å². The predicted octanol–water partition coefficient (Wildman–Crippen LogP) is 2.10. The third-order valence-corrected chi connectivity index (χ3v) is 2.47. The van der Waals surface area contributed by atoms with E-state index in [2.05, 4.69) is 25.1 Å². The van der Waals surface area contributed by atoms with Crippen molar-refractivity contribution in [2.75, 3.05) is 0 Å². The second-order valence-electron chi connectivity index (χ2n) is 4.05. The number of aliphatic imine (C=N–C) groups is 1. The number of nitrogens with zero attached hydrogens (tertiary/aromatic N) is 1.